The van der Waals surface area contributed by atoms with Crippen molar-refractivity contribution in [2.45, 2.75) is 32.7 Å². The molecule has 0 amide bonds. The van der Waals surface area contributed by atoms with Gasteiger partial charge in [-0.3, -0.25) is 4.90 Å². The van der Waals surface area contributed by atoms with Crippen LogP contribution in [0.1, 0.15) is 26.7 Å². The molecule has 1 fully saturated rings. The van der Waals surface area contributed by atoms with Gasteiger partial charge in [0.2, 0.25) is 0 Å². The van der Waals surface area contributed by atoms with Gasteiger partial charge >= 0.3 is 0 Å². The normalized spacial score (nSPS) is 27.5. The van der Waals surface area contributed by atoms with Crippen molar-refractivity contribution >= 4 is 0 Å². The lowest BCUT2D eigenvalue weighted by Crippen LogP contribution is -2.48. The van der Waals surface area contributed by atoms with Gasteiger partial charge in [-0.05, 0) is 18.3 Å². The summed E-state index contributed by atoms with van der Waals surface area (Å²) in [4.78, 5) is 2.10. The first-order valence-corrected chi connectivity index (χ1v) is 4.69. The molecule has 0 aliphatic carbocycles. The van der Waals surface area contributed by atoms with E-state index in [0.717, 1.165) is 19.4 Å². The lowest BCUT2D eigenvalue weighted by molar-refractivity contribution is 0.0844. The Bertz CT molecular complexity index is 254. The summed E-state index contributed by atoms with van der Waals surface area (Å²) in [5, 5.41) is 9.06. The fraction of sp³-hybridized carbons (Fsp3) is 0.727. The predicted molar refractivity (Wildman–Crippen MR) is 52.8 cm³/mol. The van der Waals surface area contributed by atoms with Crippen LogP contribution < -0.4 is 0 Å². The van der Waals surface area contributed by atoms with Crippen LogP contribution in [-0.4, -0.2) is 24.0 Å². The third-order valence-corrected chi connectivity index (χ3v) is 2.79. The Balaban J connectivity index is 2.76. The van der Waals surface area contributed by atoms with Crippen molar-refractivity contribution < 1.29 is 0 Å². The van der Waals surface area contributed by atoms with Crippen LogP contribution in [0.3, 0.4) is 0 Å². The van der Waals surface area contributed by atoms with E-state index >= 15 is 0 Å². The van der Waals surface area contributed by atoms with Gasteiger partial charge in [-0.1, -0.05) is 19.8 Å². The Kier molecular flexibility index (Phi) is 2.96. The van der Waals surface area contributed by atoms with Crippen molar-refractivity contribution in [1.29, 1.82) is 5.26 Å². The van der Waals surface area contributed by atoms with Crippen molar-refractivity contribution in [2.24, 2.45) is 5.41 Å². The summed E-state index contributed by atoms with van der Waals surface area (Å²) >= 11 is 0. The molecule has 13 heavy (non-hydrogen) atoms. The zero-order valence-electron chi connectivity index (χ0n) is 8.38. The minimum Gasteiger partial charge on any atom is -0.276 e. The topological polar surface area (TPSA) is 27.0 Å². The molecule has 0 saturated carbocycles. The Morgan fingerprint density at radius 3 is 2.85 bits per heavy atom. The Hall–Kier alpha value is -0.990. The van der Waals surface area contributed by atoms with E-state index in [1.54, 1.807) is 0 Å². The molecule has 0 spiro atoms. The summed E-state index contributed by atoms with van der Waals surface area (Å²) in [7, 11) is 0. The van der Waals surface area contributed by atoms with E-state index in [1.165, 1.54) is 0 Å². The molecular weight excluding hydrogens is 160 g/mol. The number of terminal acetylenes is 1. The molecule has 1 aliphatic heterocycles. The second-order valence-electron chi connectivity index (χ2n) is 4.30. The SMILES string of the molecule is C#CCN1CCCC(C)(C)C1C#N. The quantitative estimate of drug-likeness (QED) is 0.568. The summed E-state index contributed by atoms with van der Waals surface area (Å²) in [6.07, 6.45) is 7.53. The monoisotopic (exact) mass is 176 g/mol. The highest BCUT2D eigenvalue weighted by Gasteiger charge is 2.37. The molecule has 0 aromatic carbocycles. The highest BCUT2D eigenvalue weighted by Crippen LogP contribution is 2.34. The number of hydrogen-bond donors (Lipinski definition) is 0. The second-order valence-corrected chi connectivity index (χ2v) is 4.30. The maximum Gasteiger partial charge on any atom is 0.104 e. The molecule has 0 aromatic heterocycles. The summed E-state index contributed by atoms with van der Waals surface area (Å²) in [5.41, 5.74) is 0.0872. The molecular formula is C11H16N2. The number of piperidine rings is 1. The molecule has 1 unspecified atom stereocenters. The van der Waals surface area contributed by atoms with Gasteiger partial charge in [0.1, 0.15) is 6.04 Å². The predicted octanol–water partition coefficient (Wildman–Crippen LogP) is 1.63. The molecule has 1 heterocycles. The average molecular weight is 176 g/mol. The summed E-state index contributed by atoms with van der Waals surface area (Å²) < 4.78 is 0. The maximum atomic E-state index is 9.06. The smallest absolute Gasteiger partial charge is 0.104 e. The van der Waals surface area contributed by atoms with Crippen molar-refractivity contribution in [2.75, 3.05) is 13.1 Å². The van der Waals surface area contributed by atoms with E-state index in [1.807, 2.05) is 0 Å². The van der Waals surface area contributed by atoms with Crippen LogP contribution in [0.4, 0.5) is 0 Å². The van der Waals surface area contributed by atoms with Gasteiger partial charge in [-0.25, -0.2) is 0 Å². The summed E-state index contributed by atoms with van der Waals surface area (Å²) in [6, 6.07) is 2.34. The standard InChI is InChI=1S/C11H16N2/c1-4-7-13-8-5-6-11(2,3)10(13)9-12/h1,10H,5-8H2,2-3H3. The number of hydrogen-bond acceptors (Lipinski definition) is 2. The summed E-state index contributed by atoms with van der Waals surface area (Å²) in [5.74, 6) is 2.61. The molecule has 1 atom stereocenters. The van der Waals surface area contributed by atoms with Gasteiger partial charge < -0.3 is 0 Å². The van der Waals surface area contributed by atoms with Crippen molar-refractivity contribution in [3.8, 4) is 18.4 Å². The molecule has 0 radical (unpaired) electrons. The van der Waals surface area contributed by atoms with E-state index in [9.17, 15) is 0 Å². The first-order chi connectivity index (χ1) is 6.11. The van der Waals surface area contributed by atoms with Crippen LogP contribution in [0.25, 0.3) is 0 Å². The van der Waals surface area contributed by atoms with E-state index < -0.39 is 0 Å². The first kappa shape index (κ1) is 10.1. The number of nitrogens with zero attached hydrogens (tertiary/aromatic N) is 2. The molecule has 1 saturated heterocycles. The molecule has 0 N–H and O–H groups in total. The Morgan fingerprint density at radius 1 is 1.62 bits per heavy atom. The average Bonchev–Trinajstić information content (AvgIpc) is 2.04. The third kappa shape index (κ3) is 2.02. The molecule has 0 aromatic rings. The van der Waals surface area contributed by atoms with Crippen LogP contribution in [0, 0.1) is 29.1 Å². The van der Waals surface area contributed by atoms with E-state index in [0.29, 0.717) is 6.54 Å². The van der Waals surface area contributed by atoms with Crippen LogP contribution in [-0.2, 0) is 0 Å². The maximum absolute atomic E-state index is 9.06. The highest BCUT2D eigenvalue weighted by atomic mass is 15.2. The van der Waals surface area contributed by atoms with Gasteiger partial charge in [0.15, 0.2) is 0 Å². The molecule has 2 heteroatoms. The van der Waals surface area contributed by atoms with Crippen molar-refractivity contribution in [1.82, 2.24) is 4.90 Å². The van der Waals surface area contributed by atoms with Gasteiger partial charge in [-0.2, -0.15) is 5.26 Å². The number of rotatable bonds is 1. The van der Waals surface area contributed by atoms with Gasteiger partial charge in [0, 0.05) is 6.54 Å². The van der Waals surface area contributed by atoms with Crippen LogP contribution in [0.5, 0.6) is 0 Å². The van der Waals surface area contributed by atoms with E-state index in [4.69, 9.17) is 11.7 Å². The number of nitriles is 1. The van der Waals surface area contributed by atoms with E-state index in [-0.39, 0.29) is 11.5 Å². The Morgan fingerprint density at radius 2 is 2.31 bits per heavy atom. The van der Waals surface area contributed by atoms with Crippen molar-refractivity contribution in [3.63, 3.8) is 0 Å². The molecule has 70 valence electrons. The minimum absolute atomic E-state index is 0.0164. The second kappa shape index (κ2) is 3.81. The first-order valence-electron chi connectivity index (χ1n) is 4.69. The lowest BCUT2D eigenvalue weighted by atomic mass is 9.77. The van der Waals surface area contributed by atoms with E-state index in [2.05, 4.69) is 30.7 Å². The van der Waals surface area contributed by atoms with Gasteiger partial charge in [0.05, 0.1) is 12.6 Å². The van der Waals surface area contributed by atoms with Crippen LogP contribution >= 0.6 is 0 Å². The zero-order valence-corrected chi connectivity index (χ0v) is 8.38. The highest BCUT2D eigenvalue weighted by molar-refractivity contribution is 5.06. The Labute approximate surface area is 80.5 Å². The van der Waals surface area contributed by atoms with Gasteiger partial charge in [0.25, 0.3) is 0 Å². The number of likely N-dealkylation sites (tertiary alicyclic amines) is 1. The molecule has 0 bridgehead atoms. The lowest BCUT2D eigenvalue weighted by Gasteiger charge is -2.41. The largest absolute Gasteiger partial charge is 0.276 e. The van der Waals surface area contributed by atoms with Crippen molar-refractivity contribution in [3.05, 3.63) is 0 Å². The summed E-state index contributed by atoms with van der Waals surface area (Å²) in [6.45, 7) is 5.85. The molecule has 1 rings (SSSR count). The minimum atomic E-state index is -0.0164. The molecule has 1 aliphatic rings. The fourth-order valence-electron chi connectivity index (χ4n) is 2.04. The molecule has 2 nitrogen and oxygen atoms in total. The fourth-order valence-corrected chi connectivity index (χ4v) is 2.04. The van der Waals surface area contributed by atoms with Crippen LogP contribution in [0.2, 0.25) is 0 Å². The van der Waals surface area contributed by atoms with Crippen LogP contribution in [0.15, 0.2) is 0 Å². The third-order valence-electron chi connectivity index (χ3n) is 2.79. The zero-order chi connectivity index (χ0) is 9.90. The van der Waals surface area contributed by atoms with Gasteiger partial charge in [-0.15, -0.1) is 6.42 Å².